The van der Waals surface area contributed by atoms with Crippen LogP contribution in [0.2, 0.25) is 0 Å². The molecule has 0 unspecified atom stereocenters. The third-order valence-electron chi connectivity index (χ3n) is 3.26. The highest BCUT2D eigenvalue weighted by atomic mass is 16.2. The molecular weight excluding hydrogens is 216 g/mol. The Morgan fingerprint density at radius 1 is 1.53 bits per heavy atom. The number of amides is 1. The number of carbonyl (C=O) groups excluding carboxylic acids is 1. The van der Waals surface area contributed by atoms with Gasteiger partial charge in [-0.3, -0.25) is 4.79 Å². The van der Waals surface area contributed by atoms with Crippen molar-refractivity contribution in [3.63, 3.8) is 0 Å². The van der Waals surface area contributed by atoms with Crippen LogP contribution in [-0.4, -0.2) is 29.5 Å². The van der Waals surface area contributed by atoms with Gasteiger partial charge in [-0.05, 0) is 26.3 Å². The summed E-state index contributed by atoms with van der Waals surface area (Å²) >= 11 is 0. The van der Waals surface area contributed by atoms with Crippen molar-refractivity contribution >= 4 is 17.4 Å². The zero-order valence-corrected chi connectivity index (χ0v) is 10.4. The Hall–Kier alpha value is -1.78. The summed E-state index contributed by atoms with van der Waals surface area (Å²) in [4.78, 5) is 18.2. The molecule has 1 aliphatic heterocycles. The topological polar surface area (TPSA) is 71.2 Å². The van der Waals surface area contributed by atoms with E-state index >= 15 is 0 Å². The predicted molar refractivity (Wildman–Crippen MR) is 67.8 cm³/mol. The van der Waals surface area contributed by atoms with Crippen molar-refractivity contribution in [2.45, 2.75) is 26.3 Å². The maximum atomic E-state index is 11.8. The second kappa shape index (κ2) is 3.91. The monoisotopic (exact) mass is 234 g/mol. The molecule has 0 saturated carbocycles. The van der Waals surface area contributed by atoms with Gasteiger partial charge >= 0.3 is 0 Å². The number of hydrogen-bond donors (Lipinski definition) is 2. The Balaban J connectivity index is 2.38. The molecule has 5 nitrogen and oxygen atoms in total. The van der Waals surface area contributed by atoms with Gasteiger partial charge in [0.1, 0.15) is 11.4 Å². The summed E-state index contributed by atoms with van der Waals surface area (Å²) in [5.74, 6) is 0.776. The molecule has 17 heavy (non-hydrogen) atoms. The average molecular weight is 234 g/mol. The van der Waals surface area contributed by atoms with E-state index in [-0.39, 0.29) is 5.91 Å². The fourth-order valence-electron chi connectivity index (χ4n) is 1.98. The van der Waals surface area contributed by atoms with Gasteiger partial charge in [-0.25, -0.2) is 4.98 Å². The highest BCUT2D eigenvalue weighted by Crippen LogP contribution is 2.26. The molecule has 3 N–H and O–H groups in total. The minimum Gasteiger partial charge on any atom is -0.398 e. The van der Waals surface area contributed by atoms with Gasteiger partial charge in [0, 0.05) is 31.0 Å². The van der Waals surface area contributed by atoms with Crippen LogP contribution < -0.4 is 16.0 Å². The smallest absolute Gasteiger partial charge is 0.245 e. The maximum absolute atomic E-state index is 11.8. The van der Waals surface area contributed by atoms with Gasteiger partial charge in [-0.15, -0.1) is 0 Å². The normalized spacial score (nSPS) is 19.0. The van der Waals surface area contributed by atoms with E-state index in [0.717, 1.165) is 17.9 Å². The highest BCUT2D eigenvalue weighted by Gasteiger charge is 2.38. The molecule has 0 radical (unpaired) electrons. The van der Waals surface area contributed by atoms with Gasteiger partial charge in [0.2, 0.25) is 5.91 Å². The molecule has 1 aromatic rings. The molecule has 0 aromatic carbocycles. The second-order valence-electron chi connectivity index (χ2n) is 4.87. The molecule has 2 rings (SSSR count). The molecule has 0 spiro atoms. The van der Waals surface area contributed by atoms with Crippen molar-refractivity contribution in [1.29, 1.82) is 0 Å². The van der Waals surface area contributed by atoms with E-state index in [9.17, 15) is 4.79 Å². The van der Waals surface area contributed by atoms with E-state index in [1.54, 1.807) is 6.20 Å². The average Bonchev–Trinajstić information content (AvgIpc) is 2.26. The number of aryl methyl sites for hydroxylation is 1. The molecule has 2 heterocycles. The second-order valence-corrected chi connectivity index (χ2v) is 4.87. The van der Waals surface area contributed by atoms with Crippen LogP contribution >= 0.6 is 0 Å². The number of nitrogens with two attached hydrogens (primary N) is 1. The van der Waals surface area contributed by atoms with Crippen LogP contribution in [0.1, 0.15) is 19.4 Å². The summed E-state index contributed by atoms with van der Waals surface area (Å²) < 4.78 is 0. The summed E-state index contributed by atoms with van der Waals surface area (Å²) in [6.45, 7) is 7.07. The van der Waals surface area contributed by atoms with Gasteiger partial charge in [0.05, 0.1) is 0 Å². The Morgan fingerprint density at radius 2 is 2.24 bits per heavy atom. The van der Waals surface area contributed by atoms with Crippen molar-refractivity contribution in [1.82, 2.24) is 10.3 Å². The van der Waals surface area contributed by atoms with Crippen molar-refractivity contribution < 1.29 is 4.79 Å². The Bertz CT molecular complexity index is 456. The van der Waals surface area contributed by atoms with E-state index in [4.69, 9.17) is 5.73 Å². The number of hydrogen-bond acceptors (Lipinski definition) is 4. The van der Waals surface area contributed by atoms with Gasteiger partial charge in [-0.2, -0.15) is 0 Å². The lowest BCUT2D eigenvalue weighted by Crippen LogP contribution is -2.62. The molecular formula is C12H18N4O. The molecule has 1 amide bonds. The van der Waals surface area contributed by atoms with Gasteiger partial charge in [0.25, 0.3) is 0 Å². The number of anilines is 2. The number of rotatable bonds is 1. The molecule has 5 heteroatoms. The van der Waals surface area contributed by atoms with E-state index in [1.807, 2.05) is 31.7 Å². The number of piperazine rings is 1. The lowest BCUT2D eigenvalue weighted by molar-refractivity contribution is -0.126. The van der Waals surface area contributed by atoms with E-state index < -0.39 is 5.54 Å². The maximum Gasteiger partial charge on any atom is 0.245 e. The molecule has 1 fully saturated rings. The van der Waals surface area contributed by atoms with E-state index in [0.29, 0.717) is 12.2 Å². The van der Waals surface area contributed by atoms with Crippen molar-refractivity contribution in [2.24, 2.45) is 0 Å². The lowest BCUT2D eigenvalue weighted by atomic mass is 9.99. The van der Waals surface area contributed by atoms with Crippen LogP contribution in [0.15, 0.2) is 12.3 Å². The standard InChI is InChI=1S/C12H18N4O/c1-8-7-15-10(6-9(8)13)16-5-4-14-11(17)12(16,2)3/h6-7H,4-5H2,1-3H3,(H2,13,15)(H,14,17). The molecule has 0 aliphatic carbocycles. The Kier molecular flexibility index (Phi) is 2.69. The minimum atomic E-state index is -0.590. The fraction of sp³-hybridized carbons (Fsp3) is 0.500. The van der Waals surface area contributed by atoms with Crippen molar-refractivity contribution in [3.05, 3.63) is 17.8 Å². The SMILES string of the molecule is Cc1cnc(N2CCNC(=O)C2(C)C)cc1N. The lowest BCUT2D eigenvalue weighted by Gasteiger charge is -2.42. The van der Waals surface area contributed by atoms with Crippen LogP contribution in [0.4, 0.5) is 11.5 Å². The first-order valence-corrected chi connectivity index (χ1v) is 5.71. The van der Waals surface area contributed by atoms with E-state index in [2.05, 4.69) is 10.3 Å². The Labute approximate surface area is 101 Å². The quantitative estimate of drug-likeness (QED) is 0.750. The number of nitrogen functional groups attached to an aromatic ring is 1. The highest BCUT2D eigenvalue weighted by molar-refractivity contribution is 5.90. The molecule has 1 aliphatic rings. The van der Waals surface area contributed by atoms with Crippen LogP contribution in [-0.2, 0) is 4.79 Å². The van der Waals surface area contributed by atoms with Gasteiger partial charge < -0.3 is 16.0 Å². The summed E-state index contributed by atoms with van der Waals surface area (Å²) in [5, 5.41) is 2.86. The summed E-state index contributed by atoms with van der Waals surface area (Å²) in [6, 6.07) is 1.83. The number of pyridine rings is 1. The molecule has 1 saturated heterocycles. The summed E-state index contributed by atoms with van der Waals surface area (Å²) in [7, 11) is 0. The van der Waals surface area contributed by atoms with Gasteiger partial charge in [0.15, 0.2) is 0 Å². The Morgan fingerprint density at radius 3 is 2.88 bits per heavy atom. The third kappa shape index (κ3) is 1.92. The number of nitrogens with zero attached hydrogens (tertiary/aromatic N) is 2. The fourth-order valence-corrected chi connectivity index (χ4v) is 1.98. The van der Waals surface area contributed by atoms with Crippen LogP contribution in [0.5, 0.6) is 0 Å². The van der Waals surface area contributed by atoms with Crippen LogP contribution in [0, 0.1) is 6.92 Å². The predicted octanol–water partition coefficient (Wildman–Crippen LogP) is 0.687. The first kappa shape index (κ1) is 11.7. The summed E-state index contributed by atoms with van der Waals surface area (Å²) in [6.07, 6.45) is 1.74. The van der Waals surface area contributed by atoms with Crippen LogP contribution in [0.25, 0.3) is 0 Å². The van der Waals surface area contributed by atoms with Crippen molar-refractivity contribution in [2.75, 3.05) is 23.7 Å². The molecule has 1 aromatic heterocycles. The first-order chi connectivity index (χ1) is 7.93. The largest absolute Gasteiger partial charge is 0.398 e. The molecule has 0 atom stereocenters. The van der Waals surface area contributed by atoms with Gasteiger partial charge in [-0.1, -0.05) is 0 Å². The number of carbonyl (C=O) groups is 1. The minimum absolute atomic E-state index is 0.0182. The zero-order valence-electron chi connectivity index (χ0n) is 10.4. The molecule has 0 bridgehead atoms. The molecule has 92 valence electrons. The zero-order chi connectivity index (χ0) is 12.6. The summed E-state index contributed by atoms with van der Waals surface area (Å²) in [5.41, 5.74) is 6.95. The van der Waals surface area contributed by atoms with E-state index in [1.165, 1.54) is 0 Å². The number of nitrogens with one attached hydrogen (secondary N) is 1. The number of aromatic nitrogens is 1. The van der Waals surface area contributed by atoms with Crippen LogP contribution in [0.3, 0.4) is 0 Å². The first-order valence-electron chi connectivity index (χ1n) is 5.71. The van der Waals surface area contributed by atoms with Crippen molar-refractivity contribution in [3.8, 4) is 0 Å². The third-order valence-corrected chi connectivity index (χ3v) is 3.26.